The zero-order valence-corrected chi connectivity index (χ0v) is 13.9. The van der Waals surface area contributed by atoms with Gasteiger partial charge in [0, 0.05) is 20.0 Å². The minimum absolute atomic E-state index is 0.391. The average molecular weight is 318 g/mol. The summed E-state index contributed by atoms with van der Waals surface area (Å²) in [5.41, 5.74) is 5.36. The van der Waals surface area contributed by atoms with Crippen molar-refractivity contribution in [3.8, 4) is 5.75 Å². The van der Waals surface area contributed by atoms with Crippen LogP contribution in [0, 0.1) is 0 Å². The lowest BCUT2D eigenvalue weighted by molar-refractivity contribution is 0.184. The van der Waals surface area contributed by atoms with Gasteiger partial charge in [0.2, 0.25) is 0 Å². The maximum Gasteiger partial charge on any atom is 0.122 e. The predicted octanol–water partition coefficient (Wildman–Crippen LogP) is 4.72. The van der Waals surface area contributed by atoms with Crippen LogP contribution < -0.4 is 0 Å². The molecule has 0 bridgehead atoms. The Balaban J connectivity index is 1.95. The molecule has 3 aromatic rings. The molecule has 0 heterocycles. The van der Waals surface area contributed by atoms with E-state index >= 15 is 0 Å². The summed E-state index contributed by atoms with van der Waals surface area (Å²) in [6.07, 6.45) is 1.43. The van der Waals surface area contributed by atoms with E-state index in [1.807, 2.05) is 48.5 Å². The quantitative estimate of drug-likeness (QED) is 0.712. The van der Waals surface area contributed by atoms with Gasteiger partial charge < -0.3 is 9.84 Å². The zero-order valence-electron chi connectivity index (χ0n) is 13.9. The van der Waals surface area contributed by atoms with E-state index in [1.54, 1.807) is 7.11 Å². The Kier molecular flexibility index (Phi) is 5.29. The van der Waals surface area contributed by atoms with Gasteiger partial charge in [-0.15, -0.1) is 0 Å². The predicted molar refractivity (Wildman–Crippen MR) is 97.3 cm³/mol. The van der Waals surface area contributed by atoms with E-state index < -0.39 is 0 Å². The van der Waals surface area contributed by atoms with Crippen molar-refractivity contribution >= 4 is 0 Å². The van der Waals surface area contributed by atoms with Crippen molar-refractivity contribution in [3.05, 3.63) is 101 Å². The SMILES string of the molecule is COCc1cc(Cc2ccccc2)c(O)c(Cc2ccccc2)c1. The zero-order chi connectivity index (χ0) is 16.8. The molecule has 0 fully saturated rings. The Morgan fingerprint density at radius 1 is 0.708 bits per heavy atom. The van der Waals surface area contributed by atoms with E-state index in [-0.39, 0.29) is 0 Å². The van der Waals surface area contributed by atoms with Crippen molar-refractivity contribution in [1.29, 1.82) is 0 Å². The molecule has 0 aliphatic carbocycles. The second kappa shape index (κ2) is 7.80. The molecule has 3 rings (SSSR count). The largest absolute Gasteiger partial charge is 0.507 e. The van der Waals surface area contributed by atoms with Crippen molar-refractivity contribution in [3.63, 3.8) is 0 Å². The first-order valence-electron chi connectivity index (χ1n) is 8.16. The van der Waals surface area contributed by atoms with Crippen LogP contribution in [0.4, 0.5) is 0 Å². The van der Waals surface area contributed by atoms with Gasteiger partial charge in [0.05, 0.1) is 6.61 Å². The Morgan fingerprint density at radius 2 is 1.17 bits per heavy atom. The number of phenolic OH excluding ortho intramolecular Hbond substituents is 1. The molecule has 0 aliphatic rings. The van der Waals surface area contributed by atoms with Crippen molar-refractivity contribution in [2.45, 2.75) is 19.4 Å². The first-order valence-corrected chi connectivity index (χ1v) is 8.16. The molecule has 24 heavy (non-hydrogen) atoms. The number of aromatic hydroxyl groups is 1. The highest BCUT2D eigenvalue weighted by Gasteiger charge is 2.11. The summed E-state index contributed by atoms with van der Waals surface area (Å²) >= 11 is 0. The van der Waals surface area contributed by atoms with Gasteiger partial charge in [-0.05, 0) is 39.9 Å². The number of hydrogen-bond acceptors (Lipinski definition) is 2. The smallest absolute Gasteiger partial charge is 0.122 e. The summed E-state index contributed by atoms with van der Waals surface area (Å²) in [4.78, 5) is 0. The van der Waals surface area contributed by atoms with Gasteiger partial charge in [-0.1, -0.05) is 60.7 Å². The van der Waals surface area contributed by atoms with Crippen LogP contribution >= 0.6 is 0 Å². The fourth-order valence-electron chi connectivity index (χ4n) is 2.98. The number of ether oxygens (including phenoxy) is 1. The van der Waals surface area contributed by atoms with Gasteiger partial charge in [0.15, 0.2) is 0 Å². The molecule has 122 valence electrons. The van der Waals surface area contributed by atoms with E-state index in [0.29, 0.717) is 25.2 Å². The van der Waals surface area contributed by atoms with Crippen LogP contribution in [0.3, 0.4) is 0 Å². The first kappa shape index (κ1) is 16.3. The number of rotatable bonds is 6. The normalized spacial score (nSPS) is 10.7. The lowest BCUT2D eigenvalue weighted by Gasteiger charge is -2.13. The Hall–Kier alpha value is -2.58. The maximum absolute atomic E-state index is 10.8. The summed E-state index contributed by atoms with van der Waals surface area (Å²) in [5.74, 6) is 0.391. The summed E-state index contributed by atoms with van der Waals surface area (Å²) in [6, 6.07) is 24.5. The van der Waals surface area contributed by atoms with Gasteiger partial charge in [0.25, 0.3) is 0 Å². The van der Waals surface area contributed by atoms with Crippen LogP contribution in [-0.2, 0) is 24.2 Å². The third-order valence-electron chi connectivity index (χ3n) is 4.11. The van der Waals surface area contributed by atoms with Crippen molar-refractivity contribution in [2.24, 2.45) is 0 Å². The average Bonchev–Trinajstić information content (AvgIpc) is 2.61. The molecule has 0 saturated carbocycles. The van der Waals surface area contributed by atoms with Gasteiger partial charge in [-0.3, -0.25) is 0 Å². The van der Waals surface area contributed by atoms with E-state index in [1.165, 1.54) is 11.1 Å². The maximum atomic E-state index is 10.8. The van der Waals surface area contributed by atoms with Crippen LogP contribution in [0.25, 0.3) is 0 Å². The van der Waals surface area contributed by atoms with Crippen LogP contribution in [0.5, 0.6) is 5.75 Å². The summed E-state index contributed by atoms with van der Waals surface area (Å²) in [7, 11) is 1.70. The van der Waals surface area contributed by atoms with Crippen molar-refractivity contribution in [1.82, 2.24) is 0 Å². The molecular formula is C22H22O2. The van der Waals surface area contributed by atoms with Crippen LogP contribution in [0.15, 0.2) is 72.8 Å². The Bertz CT molecular complexity index is 717. The third-order valence-corrected chi connectivity index (χ3v) is 4.11. The van der Waals surface area contributed by atoms with Gasteiger partial charge in [-0.2, -0.15) is 0 Å². The standard InChI is InChI=1S/C22H22O2/c1-24-16-19-14-20(12-17-8-4-2-5-9-17)22(23)21(15-19)13-18-10-6-3-7-11-18/h2-11,14-15,23H,12-13,16H2,1H3. The number of benzene rings is 3. The van der Waals surface area contributed by atoms with Crippen molar-refractivity contribution in [2.75, 3.05) is 7.11 Å². The molecule has 0 radical (unpaired) electrons. The molecule has 0 aliphatic heterocycles. The van der Waals surface area contributed by atoms with E-state index in [0.717, 1.165) is 16.7 Å². The second-order valence-electron chi connectivity index (χ2n) is 6.02. The van der Waals surface area contributed by atoms with E-state index in [9.17, 15) is 5.11 Å². The lowest BCUT2D eigenvalue weighted by atomic mass is 9.95. The van der Waals surface area contributed by atoms with E-state index in [2.05, 4.69) is 24.3 Å². The highest BCUT2D eigenvalue weighted by Crippen LogP contribution is 2.29. The minimum atomic E-state index is 0.391. The monoisotopic (exact) mass is 318 g/mol. The minimum Gasteiger partial charge on any atom is -0.507 e. The Labute approximate surface area is 143 Å². The van der Waals surface area contributed by atoms with Gasteiger partial charge >= 0.3 is 0 Å². The molecule has 0 saturated heterocycles. The van der Waals surface area contributed by atoms with Crippen molar-refractivity contribution < 1.29 is 9.84 Å². The fraction of sp³-hybridized carbons (Fsp3) is 0.182. The third kappa shape index (κ3) is 4.03. The molecular weight excluding hydrogens is 296 g/mol. The summed E-state index contributed by atoms with van der Waals surface area (Å²) in [6.45, 7) is 0.545. The molecule has 0 spiro atoms. The summed E-state index contributed by atoms with van der Waals surface area (Å²) in [5, 5.41) is 10.8. The van der Waals surface area contributed by atoms with Crippen LogP contribution in [0.1, 0.15) is 27.8 Å². The van der Waals surface area contributed by atoms with Gasteiger partial charge in [0.1, 0.15) is 5.75 Å². The molecule has 3 aromatic carbocycles. The topological polar surface area (TPSA) is 29.5 Å². The number of methoxy groups -OCH3 is 1. The molecule has 2 heteroatoms. The molecule has 0 atom stereocenters. The molecule has 2 nitrogen and oxygen atoms in total. The van der Waals surface area contributed by atoms with E-state index in [4.69, 9.17) is 4.74 Å². The Morgan fingerprint density at radius 3 is 1.58 bits per heavy atom. The summed E-state index contributed by atoms with van der Waals surface area (Å²) < 4.78 is 5.30. The fourth-order valence-corrected chi connectivity index (χ4v) is 2.98. The molecule has 0 unspecified atom stereocenters. The highest BCUT2D eigenvalue weighted by atomic mass is 16.5. The molecule has 0 amide bonds. The second-order valence-corrected chi connectivity index (χ2v) is 6.02. The van der Waals surface area contributed by atoms with Gasteiger partial charge in [-0.25, -0.2) is 0 Å². The molecule has 0 aromatic heterocycles. The molecule has 1 N–H and O–H groups in total. The first-order chi connectivity index (χ1) is 11.8. The highest BCUT2D eigenvalue weighted by molar-refractivity contribution is 5.47. The number of hydrogen-bond donors (Lipinski definition) is 1. The van der Waals surface area contributed by atoms with Crippen LogP contribution in [0.2, 0.25) is 0 Å². The number of phenols is 1. The lowest BCUT2D eigenvalue weighted by Crippen LogP contribution is -1.99. The van der Waals surface area contributed by atoms with Crippen LogP contribution in [-0.4, -0.2) is 12.2 Å².